The third-order valence-corrected chi connectivity index (χ3v) is 16.4. The maximum absolute atomic E-state index is 6.86. The Hall–Kier alpha value is -0.506. The molecule has 0 radical (unpaired) electrons. The molecule has 0 N–H and O–H groups in total. The molecule has 2 rings (SSSR count). The molecule has 1 saturated heterocycles. The van der Waals surface area contributed by atoms with Crippen LogP contribution in [0.1, 0.15) is 53.5 Å². The van der Waals surface area contributed by atoms with Crippen LogP contribution in [0.3, 0.4) is 0 Å². The van der Waals surface area contributed by atoms with Crippen LogP contribution in [0.2, 0.25) is 36.3 Å². The molecule has 1 aromatic rings. The zero-order valence-electron chi connectivity index (χ0n) is 21.6. The largest absolute Gasteiger partial charge is 0.414 e. The molecule has 1 aliphatic rings. The van der Waals surface area contributed by atoms with Gasteiger partial charge in [0.05, 0.1) is 19.3 Å². The van der Waals surface area contributed by atoms with Crippen LogP contribution in [0, 0.1) is 0 Å². The van der Waals surface area contributed by atoms with E-state index in [1.165, 1.54) is 5.56 Å². The number of hydrogen-bond acceptors (Lipinski definition) is 4. The summed E-state index contributed by atoms with van der Waals surface area (Å²) in [5, 5.41) is 0.321. The van der Waals surface area contributed by atoms with E-state index < -0.39 is 16.6 Å². The molecule has 0 bridgehead atoms. The lowest BCUT2D eigenvalue weighted by Crippen LogP contribution is -2.56. The molecule has 1 heterocycles. The normalized spacial score (nSPS) is 23.7. The first-order chi connectivity index (χ1) is 14.1. The monoisotopic (exact) mass is 466 g/mol. The van der Waals surface area contributed by atoms with Crippen LogP contribution in [0.4, 0.5) is 0 Å². The third-order valence-electron chi connectivity index (χ3n) is 7.42. The Morgan fingerprint density at radius 1 is 0.903 bits per heavy atom. The predicted molar refractivity (Wildman–Crippen MR) is 135 cm³/mol. The van der Waals surface area contributed by atoms with E-state index in [9.17, 15) is 0 Å². The SMILES string of the molecule is CC(C)(C)[Si](C)(C)OC[C@H]1OCC[C@@H](O[Si](C)(C)C(C)(C)C)[C@@H]1OCc1ccccc1. The van der Waals surface area contributed by atoms with Crippen molar-refractivity contribution in [3.05, 3.63) is 35.9 Å². The summed E-state index contributed by atoms with van der Waals surface area (Å²) in [4.78, 5) is 0. The molecule has 0 saturated carbocycles. The zero-order valence-corrected chi connectivity index (χ0v) is 23.6. The van der Waals surface area contributed by atoms with Crippen LogP contribution >= 0.6 is 0 Å². The number of benzene rings is 1. The minimum absolute atomic E-state index is 0.0337. The summed E-state index contributed by atoms with van der Waals surface area (Å²) in [6.07, 6.45) is 0.656. The van der Waals surface area contributed by atoms with Crippen molar-refractivity contribution in [3.63, 3.8) is 0 Å². The Bertz CT molecular complexity index is 677. The topological polar surface area (TPSA) is 36.9 Å². The molecule has 0 unspecified atom stereocenters. The van der Waals surface area contributed by atoms with Crippen molar-refractivity contribution in [2.24, 2.45) is 0 Å². The maximum atomic E-state index is 6.86. The summed E-state index contributed by atoms with van der Waals surface area (Å²) in [5.74, 6) is 0. The molecular weight excluding hydrogens is 420 g/mol. The number of rotatable bonds is 8. The Kier molecular flexibility index (Phi) is 8.78. The highest BCUT2D eigenvalue weighted by molar-refractivity contribution is 6.74. The number of ether oxygens (including phenoxy) is 2. The molecule has 1 aliphatic heterocycles. The van der Waals surface area contributed by atoms with Gasteiger partial charge in [-0.05, 0) is 48.2 Å². The second-order valence-corrected chi connectivity index (χ2v) is 21.5. The van der Waals surface area contributed by atoms with E-state index in [2.05, 4.69) is 92.0 Å². The van der Waals surface area contributed by atoms with Crippen molar-refractivity contribution in [1.82, 2.24) is 0 Å². The Labute approximate surface area is 193 Å². The highest BCUT2D eigenvalue weighted by Gasteiger charge is 2.45. The van der Waals surface area contributed by atoms with Gasteiger partial charge in [0.2, 0.25) is 0 Å². The molecule has 3 atom stereocenters. The first kappa shape index (κ1) is 26.7. The first-order valence-electron chi connectivity index (χ1n) is 11.7. The summed E-state index contributed by atoms with van der Waals surface area (Å²) >= 11 is 0. The summed E-state index contributed by atoms with van der Waals surface area (Å²) < 4.78 is 26.2. The highest BCUT2D eigenvalue weighted by atomic mass is 28.4. The van der Waals surface area contributed by atoms with Crippen molar-refractivity contribution < 1.29 is 18.3 Å². The van der Waals surface area contributed by atoms with Gasteiger partial charge in [-0.1, -0.05) is 71.9 Å². The van der Waals surface area contributed by atoms with Crippen LogP contribution in [-0.4, -0.2) is 48.2 Å². The van der Waals surface area contributed by atoms with Crippen molar-refractivity contribution >= 4 is 16.6 Å². The minimum Gasteiger partial charge on any atom is -0.414 e. The molecule has 0 amide bonds. The second kappa shape index (κ2) is 10.2. The van der Waals surface area contributed by atoms with E-state index in [1.807, 2.05) is 6.07 Å². The van der Waals surface area contributed by atoms with Crippen molar-refractivity contribution in [1.29, 1.82) is 0 Å². The Morgan fingerprint density at radius 3 is 2.03 bits per heavy atom. The van der Waals surface area contributed by atoms with Crippen LogP contribution in [0.25, 0.3) is 0 Å². The summed E-state index contributed by atoms with van der Waals surface area (Å²) in [5.41, 5.74) is 1.17. The molecule has 6 heteroatoms. The lowest BCUT2D eigenvalue weighted by Gasteiger charge is -2.46. The van der Waals surface area contributed by atoms with E-state index in [0.29, 0.717) is 19.8 Å². The second-order valence-electron chi connectivity index (χ2n) is 11.9. The molecule has 0 spiro atoms. The standard InChI is InChI=1S/C25H46O4Si2/c1-24(2,3)30(7,8)28-19-22-23(27-18-20-14-12-11-13-15-20)21(16-17-26-22)29-31(9,10)25(4,5)6/h11-15,21-23H,16-19H2,1-10H3/t21-,22-,23+/m1/s1. The highest BCUT2D eigenvalue weighted by Crippen LogP contribution is 2.40. The van der Waals surface area contributed by atoms with E-state index in [0.717, 1.165) is 6.42 Å². The van der Waals surface area contributed by atoms with E-state index >= 15 is 0 Å². The smallest absolute Gasteiger partial charge is 0.192 e. The van der Waals surface area contributed by atoms with Crippen LogP contribution in [0.5, 0.6) is 0 Å². The average Bonchev–Trinajstić information content (AvgIpc) is 2.64. The first-order valence-corrected chi connectivity index (χ1v) is 17.5. The summed E-state index contributed by atoms with van der Waals surface area (Å²) in [6, 6.07) is 10.4. The van der Waals surface area contributed by atoms with E-state index in [4.69, 9.17) is 18.3 Å². The predicted octanol–water partition coefficient (Wildman–Crippen LogP) is 6.77. The van der Waals surface area contributed by atoms with Gasteiger partial charge in [-0.2, -0.15) is 0 Å². The third kappa shape index (κ3) is 7.24. The Balaban J connectivity index is 2.19. The van der Waals surface area contributed by atoms with Gasteiger partial charge in [-0.25, -0.2) is 0 Å². The maximum Gasteiger partial charge on any atom is 0.192 e. The zero-order chi connectivity index (χ0) is 23.5. The van der Waals surface area contributed by atoms with Gasteiger partial charge in [0.1, 0.15) is 12.2 Å². The quantitative estimate of drug-likeness (QED) is 0.396. The lowest BCUT2D eigenvalue weighted by molar-refractivity contribution is -0.169. The van der Waals surface area contributed by atoms with E-state index in [-0.39, 0.29) is 28.4 Å². The molecule has 31 heavy (non-hydrogen) atoms. The van der Waals surface area contributed by atoms with Gasteiger partial charge in [-0.3, -0.25) is 0 Å². The fourth-order valence-electron chi connectivity index (χ4n) is 3.15. The fourth-order valence-corrected chi connectivity index (χ4v) is 5.52. The van der Waals surface area contributed by atoms with Gasteiger partial charge in [0.15, 0.2) is 16.6 Å². The summed E-state index contributed by atoms with van der Waals surface area (Å²) in [6.45, 7) is 24.7. The molecule has 0 aromatic heterocycles. The van der Waals surface area contributed by atoms with Crippen molar-refractivity contribution in [2.45, 2.75) is 109 Å². The Morgan fingerprint density at radius 2 is 1.48 bits per heavy atom. The average molecular weight is 467 g/mol. The minimum atomic E-state index is -1.93. The molecule has 1 aromatic carbocycles. The van der Waals surface area contributed by atoms with Crippen LogP contribution < -0.4 is 0 Å². The van der Waals surface area contributed by atoms with E-state index in [1.54, 1.807) is 0 Å². The van der Waals surface area contributed by atoms with Gasteiger partial charge >= 0.3 is 0 Å². The van der Waals surface area contributed by atoms with Gasteiger partial charge < -0.3 is 18.3 Å². The van der Waals surface area contributed by atoms with Gasteiger partial charge in [-0.15, -0.1) is 0 Å². The summed E-state index contributed by atoms with van der Waals surface area (Å²) in [7, 11) is -3.80. The fraction of sp³-hybridized carbons (Fsp3) is 0.760. The van der Waals surface area contributed by atoms with Gasteiger partial charge in [0.25, 0.3) is 0 Å². The van der Waals surface area contributed by atoms with Gasteiger partial charge in [0, 0.05) is 6.61 Å². The molecule has 4 nitrogen and oxygen atoms in total. The van der Waals surface area contributed by atoms with Crippen LogP contribution in [-0.2, 0) is 24.9 Å². The molecule has 0 aliphatic carbocycles. The molecule has 178 valence electrons. The lowest BCUT2D eigenvalue weighted by atomic mass is 10.0. The number of hydrogen-bond donors (Lipinski definition) is 0. The van der Waals surface area contributed by atoms with Crippen molar-refractivity contribution in [2.75, 3.05) is 13.2 Å². The molecular formula is C25H46O4Si2. The molecule has 1 fully saturated rings. The van der Waals surface area contributed by atoms with Crippen LogP contribution in [0.15, 0.2) is 30.3 Å². The van der Waals surface area contributed by atoms with Crippen molar-refractivity contribution in [3.8, 4) is 0 Å².